The minimum absolute atomic E-state index is 0.160. The first kappa shape index (κ1) is 21.3. The summed E-state index contributed by atoms with van der Waals surface area (Å²) >= 11 is 1.33. The molecule has 1 fully saturated rings. The van der Waals surface area contributed by atoms with E-state index in [1.807, 2.05) is 6.07 Å². The van der Waals surface area contributed by atoms with Gasteiger partial charge in [0.2, 0.25) is 5.95 Å². The molecule has 0 aliphatic carbocycles. The zero-order valence-corrected chi connectivity index (χ0v) is 17.1. The topological polar surface area (TPSA) is 91.0 Å². The van der Waals surface area contributed by atoms with Crippen LogP contribution in [0.1, 0.15) is 30.0 Å². The molecule has 2 aromatic heterocycles. The van der Waals surface area contributed by atoms with Gasteiger partial charge in [-0.15, -0.1) is 11.3 Å². The highest BCUT2D eigenvalue weighted by Gasteiger charge is 2.37. The number of rotatable bonds is 4. The van der Waals surface area contributed by atoms with Gasteiger partial charge in [-0.3, -0.25) is 0 Å². The van der Waals surface area contributed by atoms with Gasteiger partial charge in [-0.1, -0.05) is 12.1 Å². The SMILES string of the molecule is O=[N+]1CCCC(O)(c2ncc(-c3cccc(Nc4nccc(C(F)(F)F)n4)c3)s2)CC1. The van der Waals surface area contributed by atoms with E-state index < -0.39 is 17.5 Å². The molecule has 0 amide bonds. The Morgan fingerprint density at radius 1 is 1.16 bits per heavy atom. The summed E-state index contributed by atoms with van der Waals surface area (Å²) < 4.78 is 39.5. The molecule has 31 heavy (non-hydrogen) atoms. The monoisotopic (exact) mass is 450 g/mol. The maximum atomic E-state index is 12.9. The molecule has 11 heteroatoms. The Morgan fingerprint density at radius 3 is 2.81 bits per heavy atom. The third-order valence-corrected chi connectivity index (χ3v) is 6.27. The van der Waals surface area contributed by atoms with Crippen LogP contribution in [0.25, 0.3) is 10.4 Å². The molecule has 162 valence electrons. The van der Waals surface area contributed by atoms with Gasteiger partial charge >= 0.3 is 6.18 Å². The Kier molecular flexibility index (Phi) is 5.71. The zero-order chi connectivity index (χ0) is 22.1. The minimum atomic E-state index is -4.55. The summed E-state index contributed by atoms with van der Waals surface area (Å²) in [4.78, 5) is 24.1. The highest BCUT2D eigenvalue weighted by atomic mass is 32.1. The number of aromatic nitrogens is 3. The molecule has 1 saturated heterocycles. The zero-order valence-electron chi connectivity index (χ0n) is 16.3. The molecule has 0 saturated carbocycles. The molecule has 0 radical (unpaired) electrons. The molecule has 7 nitrogen and oxygen atoms in total. The van der Waals surface area contributed by atoms with Crippen LogP contribution >= 0.6 is 11.3 Å². The predicted molar refractivity (Wildman–Crippen MR) is 109 cm³/mol. The fourth-order valence-electron chi connectivity index (χ4n) is 3.39. The van der Waals surface area contributed by atoms with Crippen molar-refractivity contribution in [1.29, 1.82) is 0 Å². The number of benzene rings is 1. The maximum Gasteiger partial charge on any atom is 0.433 e. The third kappa shape index (κ3) is 4.88. The van der Waals surface area contributed by atoms with Crippen LogP contribution in [0.3, 0.4) is 0 Å². The number of nitrogens with one attached hydrogen (secondary N) is 1. The molecule has 1 atom stereocenters. The first-order valence-corrected chi connectivity index (χ1v) is 10.4. The number of halogens is 3. The van der Waals surface area contributed by atoms with E-state index in [1.165, 1.54) is 11.3 Å². The van der Waals surface area contributed by atoms with E-state index in [4.69, 9.17) is 0 Å². The molecule has 0 spiro atoms. The number of thiazole rings is 1. The van der Waals surface area contributed by atoms with Crippen LogP contribution in [0.2, 0.25) is 0 Å². The van der Waals surface area contributed by atoms with Crippen molar-refractivity contribution in [2.45, 2.75) is 31.0 Å². The van der Waals surface area contributed by atoms with Crippen LogP contribution in [0.4, 0.5) is 24.8 Å². The Labute approximate surface area is 179 Å². The van der Waals surface area contributed by atoms with Crippen molar-refractivity contribution in [3.63, 3.8) is 0 Å². The Hall–Kier alpha value is -2.92. The number of nitrogens with zero attached hydrogens (tertiary/aromatic N) is 4. The van der Waals surface area contributed by atoms with E-state index in [0.29, 0.717) is 36.5 Å². The summed E-state index contributed by atoms with van der Waals surface area (Å²) in [6, 6.07) is 7.84. The summed E-state index contributed by atoms with van der Waals surface area (Å²) in [5.41, 5.74) is -0.865. The number of nitroso groups, excluding NO2 is 1. The van der Waals surface area contributed by atoms with Crippen LogP contribution in [0.5, 0.6) is 0 Å². The van der Waals surface area contributed by atoms with Crippen LogP contribution in [-0.4, -0.2) is 37.9 Å². The van der Waals surface area contributed by atoms with E-state index in [1.54, 1.807) is 24.4 Å². The van der Waals surface area contributed by atoms with Crippen molar-refractivity contribution in [2.24, 2.45) is 0 Å². The molecule has 3 aromatic rings. The normalized spacial score (nSPS) is 19.8. The highest BCUT2D eigenvalue weighted by Crippen LogP contribution is 2.38. The molecule has 4 rings (SSSR count). The summed E-state index contributed by atoms with van der Waals surface area (Å²) in [6.07, 6.45) is -0.482. The highest BCUT2D eigenvalue weighted by molar-refractivity contribution is 7.15. The van der Waals surface area contributed by atoms with Gasteiger partial charge < -0.3 is 10.4 Å². The lowest BCUT2D eigenvalue weighted by Crippen LogP contribution is -2.26. The summed E-state index contributed by atoms with van der Waals surface area (Å²) in [5, 5.41) is 14.3. The van der Waals surface area contributed by atoms with Gasteiger partial charge in [0.05, 0.1) is 4.88 Å². The predicted octanol–water partition coefficient (Wildman–Crippen LogP) is 4.51. The number of hydrogen-bond acceptors (Lipinski definition) is 7. The van der Waals surface area contributed by atoms with E-state index in [9.17, 15) is 23.2 Å². The van der Waals surface area contributed by atoms with E-state index in [0.717, 1.165) is 27.5 Å². The molecular formula is C20H19F3N5O2S+. The maximum absolute atomic E-state index is 12.9. The van der Waals surface area contributed by atoms with E-state index >= 15 is 0 Å². The Bertz CT molecular complexity index is 1100. The molecule has 1 unspecified atom stereocenters. The van der Waals surface area contributed by atoms with Gasteiger partial charge in [-0.05, 0) is 34.9 Å². The quantitative estimate of drug-likeness (QED) is 0.569. The third-order valence-electron chi connectivity index (χ3n) is 5.03. The lowest BCUT2D eigenvalue weighted by Gasteiger charge is -2.21. The molecule has 3 heterocycles. The lowest BCUT2D eigenvalue weighted by atomic mass is 9.96. The first-order valence-electron chi connectivity index (χ1n) is 9.61. The number of aliphatic hydroxyl groups is 1. The largest absolute Gasteiger partial charge is 0.433 e. The van der Waals surface area contributed by atoms with Gasteiger partial charge in [-0.25, -0.2) is 15.0 Å². The number of alkyl halides is 3. The summed E-state index contributed by atoms with van der Waals surface area (Å²) in [5.74, 6) is -0.160. The fourth-order valence-corrected chi connectivity index (χ4v) is 4.45. The Morgan fingerprint density at radius 2 is 2.00 bits per heavy atom. The van der Waals surface area contributed by atoms with Crippen LogP contribution in [0.15, 0.2) is 42.7 Å². The van der Waals surface area contributed by atoms with E-state index in [-0.39, 0.29) is 12.5 Å². The van der Waals surface area contributed by atoms with Crippen molar-refractivity contribution in [3.05, 3.63) is 58.3 Å². The van der Waals surface area contributed by atoms with Gasteiger partial charge in [0.1, 0.15) is 16.3 Å². The summed E-state index contributed by atoms with van der Waals surface area (Å²) in [6.45, 7) is 0.647. The van der Waals surface area contributed by atoms with Crippen LogP contribution in [0, 0.1) is 4.91 Å². The second kappa shape index (κ2) is 8.31. The van der Waals surface area contributed by atoms with Crippen molar-refractivity contribution in [2.75, 3.05) is 18.4 Å². The average molecular weight is 450 g/mol. The van der Waals surface area contributed by atoms with Crippen molar-refractivity contribution in [3.8, 4) is 10.4 Å². The number of hydrogen-bond donors (Lipinski definition) is 2. The van der Waals surface area contributed by atoms with Gasteiger partial charge in [-0.2, -0.15) is 13.2 Å². The second-order valence-electron chi connectivity index (χ2n) is 7.31. The molecule has 0 bridgehead atoms. The smallest absolute Gasteiger partial charge is 0.382 e. The molecule has 1 aliphatic heterocycles. The molecule has 1 aliphatic rings. The molecule has 1 aromatic carbocycles. The van der Waals surface area contributed by atoms with Crippen molar-refractivity contribution in [1.82, 2.24) is 15.0 Å². The molecule has 2 N–H and O–H groups in total. The Balaban J connectivity index is 1.55. The van der Waals surface area contributed by atoms with Crippen molar-refractivity contribution < 1.29 is 23.0 Å². The average Bonchev–Trinajstić information content (AvgIpc) is 3.17. The lowest BCUT2D eigenvalue weighted by molar-refractivity contribution is -0.547. The first-order chi connectivity index (χ1) is 14.7. The fraction of sp³-hybridized carbons (Fsp3) is 0.350. The number of anilines is 2. The van der Waals surface area contributed by atoms with Crippen LogP contribution in [-0.2, 0) is 11.8 Å². The van der Waals surface area contributed by atoms with Gasteiger partial charge in [0.15, 0.2) is 13.1 Å². The van der Waals surface area contributed by atoms with Gasteiger partial charge in [0.25, 0.3) is 0 Å². The van der Waals surface area contributed by atoms with Crippen molar-refractivity contribution >= 4 is 23.0 Å². The minimum Gasteiger partial charge on any atom is -0.382 e. The van der Waals surface area contributed by atoms with E-state index in [2.05, 4.69) is 20.3 Å². The summed E-state index contributed by atoms with van der Waals surface area (Å²) in [7, 11) is 0. The molecular weight excluding hydrogens is 431 g/mol. The van der Waals surface area contributed by atoms with Gasteiger partial charge in [0, 0.05) is 35.8 Å². The van der Waals surface area contributed by atoms with Crippen LogP contribution < -0.4 is 5.32 Å². The second-order valence-corrected chi connectivity index (χ2v) is 8.34. The standard InChI is InChI=1S/C20H19F3N5O2S/c21-20(22,23)16-5-8-24-18(27-16)26-14-4-1-3-13(11-14)15-12-25-17(31-15)19(29)6-2-9-28(30)10-7-19/h1,3-5,8,11-12,29H,2,6-7,9-10H2,(H,24,26,27)/q+1.